The van der Waals surface area contributed by atoms with Crippen LogP contribution in [0.3, 0.4) is 0 Å². The van der Waals surface area contributed by atoms with Crippen molar-refractivity contribution in [2.24, 2.45) is 11.8 Å². The molecule has 0 bridgehead atoms. The monoisotopic (exact) mass is 207 g/mol. The van der Waals surface area contributed by atoms with Crippen LogP contribution in [0.5, 0.6) is 0 Å². The Morgan fingerprint density at radius 2 is 2.33 bits per heavy atom. The third-order valence-electron chi connectivity index (χ3n) is 3.34. The van der Waals surface area contributed by atoms with Crippen LogP contribution in [-0.4, -0.2) is 18.9 Å². The Balaban J connectivity index is 2.29. The maximum atomic E-state index is 11.8. The molecule has 1 aliphatic carbocycles. The maximum absolute atomic E-state index is 11.8. The Morgan fingerprint density at radius 1 is 1.53 bits per heavy atom. The number of hydrogen-bond acceptors (Lipinski definition) is 2. The fourth-order valence-electron chi connectivity index (χ4n) is 2.36. The molecule has 2 nitrogen and oxygen atoms in total. The summed E-state index contributed by atoms with van der Waals surface area (Å²) in [6, 6.07) is 0. The summed E-state index contributed by atoms with van der Waals surface area (Å²) in [4.78, 5) is 11.8. The summed E-state index contributed by atoms with van der Waals surface area (Å²) in [5, 5.41) is 2.98. The fraction of sp³-hybridized carbons (Fsp3) is 0.769. The molecule has 84 valence electrons. The van der Waals surface area contributed by atoms with E-state index in [9.17, 15) is 4.79 Å². The molecule has 0 aromatic heterocycles. The van der Waals surface area contributed by atoms with Crippen LogP contribution in [0.1, 0.15) is 39.0 Å². The molecule has 1 saturated carbocycles. The Kier molecular flexibility index (Phi) is 5.42. The molecule has 0 spiro atoms. The van der Waals surface area contributed by atoms with E-state index in [4.69, 9.17) is 6.42 Å². The van der Waals surface area contributed by atoms with E-state index in [1.807, 2.05) is 0 Å². The molecule has 0 aromatic rings. The van der Waals surface area contributed by atoms with Crippen LogP contribution in [0.15, 0.2) is 0 Å². The van der Waals surface area contributed by atoms with Crippen molar-refractivity contribution in [3.63, 3.8) is 0 Å². The number of Topliss-reactive ketones (excluding diaryl/α,β-unsaturated/α-hetero) is 1. The SMILES string of the molecule is C#CCNCC(=O)C1CCCC(CC)C1. The summed E-state index contributed by atoms with van der Waals surface area (Å²) >= 11 is 0. The standard InChI is InChI=1S/C13H21NO/c1-3-8-14-10-13(15)12-7-5-6-11(4-2)9-12/h1,11-12,14H,4-10H2,2H3. The summed E-state index contributed by atoms with van der Waals surface area (Å²) in [6.07, 6.45) is 11.0. The molecule has 15 heavy (non-hydrogen) atoms. The number of hydrogen-bond donors (Lipinski definition) is 1. The van der Waals surface area contributed by atoms with E-state index in [2.05, 4.69) is 18.2 Å². The molecule has 0 radical (unpaired) electrons. The minimum absolute atomic E-state index is 0.286. The average Bonchev–Trinajstić information content (AvgIpc) is 2.29. The summed E-state index contributed by atoms with van der Waals surface area (Å²) < 4.78 is 0. The van der Waals surface area contributed by atoms with E-state index in [0.717, 1.165) is 18.8 Å². The predicted octanol–water partition coefficient (Wildman–Crippen LogP) is 1.99. The van der Waals surface area contributed by atoms with Crippen molar-refractivity contribution in [1.29, 1.82) is 0 Å². The molecule has 1 fully saturated rings. The molecule has 0 amide bonds. The van der Waals surface area contributed by atoms with Gasteiger partial charge in [0, 0.05) is 5.92 Å². The Morgan fingerprint density at radius 3 is 3.00 bits per heavy atom. The average molecular weight is 207 g/mol. The molecular weight excluding hydrogens is 186 g/mol. The van der Waals surface area contributed by atoms with Gasteiger partial charge in [-0.1, -0.05) is 32.1 Å². The lowest BCUT2D eigenvalue weighted by Crippen LogP contribution is -2.31. The van der Waals surface area contributed by atoms with Crippen molar-refractivity contribution in [3.8, 4) is 12.3 Å². The highest BCUT2D eigenvalue weighted by atomic mass is 16.1. The van der Waals surface area contributed by atoms with Crippen LogP contribution in [0.4, 0.5) is 0 Å². The van der Waals surface area contributed by atoms with E-state index in [0.29, 0.717) is 18.9 Å². The molecule has 0 aliphatic heterocycles. The zero-order valence-corrected chi connectivity index (χ0v) is 9.59. The lowest BCUT2D eigenvalue weighted by Gasteiger charge is -2.27. The highest BCUT2D eigenvalue weighted by Crippen LogP contribution is 2.31. The Labute approximate surface area is 92.8 Å². The number of carbonyl (C=O) groups is 1. The van der Waals surface area contributed by atoms with Crippen LogP contribution in [0.2, 0.25) is 0 Å². The van der Waals surface area contributed by atoms with E-state index in [1.54, 1.807) is 0 Å². The topological polar surface area (TPSA) is 29.1 Å². The molecule has 0 saturated heterocycles. The largest absolute Gasteiger partial charge is 0.299 e. The molecule has 1 rings (SSSR count). The first kappa shape index (κ1) is 12.3. The quantitative estimate of drug-likeness (QED) is 0.552. The number of carbonyl (C=O) groups excluding carboxylic acids is 1. The van der Waals surface area contributed by atoms with Gasteiger partial charge < -0.3 is 0 Å². The first-order valence-electron chi connectivity index (χ1n) is 5.94. The molecule has 2 unspecified atom stereocenters. The summed E-state index contributed by atoms with van der Waals surface area (Å²) in [5.41, 5.74) is 0. The van der Waals surface area contributed by atoms with Gasteiger partial charge in [-0.25, -0.2) is 0 Å². The molecule has 1 aliphatic rings. The molecule has 0 heterocycles. The highest BCUT2D eigenvalue weighted by Gasteiger charge is 2.25. The van der Waals surface area contributed by atoms with E-state index < -0.39 is 0 Å². The summed E-state index contributed by atoms with van der Waals surface area (Å²) in [6.45, 7) is 3.16. The zero-order valence-electron chi connectivity index (χ0n) is 9.59. The number of nitrogens with one attached hydrogen (secondary N) is 1. The minimum atomic E-state index is 0.286. The molecule has 0 aromatic carbocycles. The van der Waals surface area contributed by atoms with Gasteiger partial charge in [-0.3, -0.25) is 10.1 Å². The van der Waals surface area contributed by atoms with Crippen molar-refractivity contribution in [2.45, 2.75) is 39.0 Å². The highest BCUT2D eigenvalue weighted by molar-refractivity contribution is 5.83. The first-order valence-corrected chi connectivity index (χ1v) is 5.94. The third kappa shape index (κ3) is 4.05. The smallest absolute Gasteiger partial charge is 0.149 e. The third-order valence-corrected chi connectivity index (χ3v) is 3.34. The van der Waals surface area contributed by atoms with Gasteiger partial charge in [0.25, 0.3) is 0 Å². The van der Waals surface area contributed by atoms with Crippen molar-refractivity contribution in [2.75, 3.05) is 13.1 Å². The second-order valence-electron chi connectivity index (χ2n) is 4.41. The molecule has 2 atom stereocenters. The van der Waals surface area contributed by atoms with Crippen LogP contribution in [0.25, 0.3) is 0 Å². The van der Waals surface area contributed by atoms with Crippen molar-refractivity contribution < 1.29 is 4.79 Å². The zero-order chi connectivity index (χ0) is 11.1. The van der Waals surface area contributed by atoms with Gasteiger partial charge in [0.2, 0.25) is 0 Å². The van der Waals surface area contributed by atoms with Crippen molar-refractivity contribution in [3.05, 3.63) is 0 Å². The second kappa shape index (κ2) is 6.63. The van der Waals surface area contributed by atoms with Gasteiger partial charge in [0.1, 0.15) is 5.78 Å². The van der Waals surface area contributed by atoms with Crippen molar-refractivity contribution >= 4 is 5.78 Å². The lowest BCUT2D eigenvalue weighted by molar-refractivity contribution is -0.123. The van der Waals surface area contributed by atoms with Crippen LogP contribution < -0.4 is 5.32 Å². The number of terminal acetylenes is 1. The van der Waals surface area contributed by atoms with Crippen LogP contribution >= 0.6 is 0 Å². The van der Waals surface area contributed by atoms with Gasteiger partial charge >= 0.3 is 0 Å². The van der Waals surface area contributed by atoms with Crippen LogP contribution in [0, 0.1) is 24.2 Å². The molecular formula is C13H21NO. The number of ketones is 1. The Hall–Kier alpha value is -0.810. The fourth-order valence-corrected chi connectivity index (χ4v) is 2.36. The van der Waals surface area contributed by atoms with E-state index in [-0.39, 0.29) is 5.92 Å². The Bertz CT molecular complexity index is 241. The summed E-state index contributed by atoms with van der Waals surface area (Å²) in [7, 11) is 0. The van der Waals surface area contributed by atoms with Crippen molar-refractivity contribution in [1.82, 2.24) is 5.32 Å². The molecule has 2 heteroatoms. The predicted molar refractivity (Wildman–Crippen MR) is 62.4 cm³/mol. The van der Waals surface area contributed by atoms with E-state index in [1.165, 1.54) is 19.3 Å². The first-order chi connectivity index (χ1) is 7.27. The second-order valence-corrected chi connectivity index (χ2v) is 4.41. The van der Waals surface area contributed by atoms with Gasteiger partial charge in [0.15, 0.2) is 0 Å². The van der Waals surface area contributed by atoms with E-state index >= 15 is 0 Å². The van der Waals surface area contributed by atoms with Gasteiger partial charge in [-0.05, 0) is 18.8 Å². The van der Waals surface area contributed by atoms with Crippen LogP contribution in [-0.2, 0) is 4.79 Å². The van der Waals surface area contributed by atoms with Gasteiger partial charge in [0.05, 0.1) is 13.1 Å². The number of rotatable bonds is 5. The van der Waals surface area contributed by atoms with Gasteiger partial charge in [-0.15, -0.1) is 6.42 Å². The summed E-state index contributed by atoms with van der Waals surface area (Å²) in [5.74, 6) is 3.88. The maximum Gasteiger partial charge on any atom is 0.149 e. The minimum Gasteiger partial charge on any atom is -0.299 e. The molecule has 1 N–H and O–H groups in total. The normalized spacial score (nSPS) is 25.9. The lowest BCUT2D eigenvalue weighted by atomic mass is 9.78. The van der Waals surface area contributed by atoms with Gasteiger partial charge in [-0.2, -0.15) is 0 Å².